The van der Waals surface area contributed by atoms with Gasteiger partial charge in [-0.2, -0.15) is 0 Å². The highest BCUT2D eigenvalue weighted by molar-refractivity contribution is 7.11. The number of aryl methyl sites for hydroxylation is 1. The van der Waals surface area contributed by atoms with Crippen LogP contribution in [0.3, 0.4) is 0 Å². The number of carbonyl (C=O) groups is 2. The van der Waals surface area contributed by atoms with Crippen molar-refractivity contribution in [3.05, 3.63) is 45.6 Å². The molecule has 0 aliphatic heterocycles. The predicted molar refractivity (Wildman–Crippen MR) is 126 cm³/mol. The maximum absolute atomic E-state index is 13.2. The third-order valence-corrected chi connectivity index (χ3v) is 6.15. The first-order valence-electron chi connectivity index (χ1n) is 10.7. The van der Waals surface area contributed by atoms with Crippen molar-refractivity contribution in [3.63, 3.8) is 0 Å². The average molecular weight is 463 g/mol. The number of thiophene rings is 1. The minimum absolute atomic E-state index is 0.0479. The summed E-state index contributed by atoms with van der Waals surface area (Å²) in [7, 11) is 4.80. The highest BCUT2D eigenvalue weighted by Crippen LogP contribution is 2.28. The molecule has 0 N–H and O–H groups in total. The van der Waals surface area contributed by atoms with Crippen LogP contribution in [0.1, 0.15) is 28.7 Å². The van der Waals surface area contributed by atoms with E-state index in [-0.39, 0.29) is 18.4 Å². The van der Waals surface area contributed by atoms with Gasteiger partial charge >= 0.3 is 0 Å². The molecule has 32 heavy (non-hydrogen) atoms. The van der Waals surface area contributed by atoms with Crippen LogP contribution in [-0.4, -0.2) is 69.2 Å². The lowest BCUT2D eigenvalue weighted by Gasteiger charge is -2.27. The van der Waals surface area contributed by atoms with Crippen molar-refractivity contribution in [2.24, 2.45) is 0 Å². The van der Waals surface area contributed by atoms with Gasteiger partial charge in [0.2, 0.25) is 11.8 Å². The second-order valence-corrected chi connectivity index (χ2v) is 8.80. The molecular weight excluding hydrogens is 428 g/mol. The summed E-state index contributed by atoms with van der Waals surface area (Å²) in [6, 6.07) is 9.89. The van der Waals surface area contributed by atoms with Gasteiger partial charge in [0.15, 0.2) is 11.5 Å². The minimum Gasteiger partial charge on any atom is -0.493 e. The Kier molecular flexibility index (Phi) is 10.5. The zero-order chi connectivity index (χ0) is 23.5. The summed E-state index contributed by atoms with van der Waals surface area (Å²) in [5.74, 6) is 1.21. The van der Waals surface area contributed by atoms with Crippen LogP contribution in [0.5, 0.6) is 11.5 Å². The summed E-state index contributed by atoms with van der Waals surface area (Å²) in [5.41, 5.74) is 1.05. The van der Waals surface area contributed by atoms with Crippen LogP contribution in [0.4, 0.5) is 0 Å². The van der Waals surface area contributed by atoms with Crippen LogP contribution in [0.2, 0.25) is 0 Å². The van der Waals surface area contributed by atoms with Gasteiger partial charge in [-0.3, -0.25) is 9.59 Å². The SMILES string of the molecule is CCC(=O)N(CCOC)CC(=O)N(CCc1ccc(OC)c(OC)c1)Cc1ccc(C)s1. The molecule has 176 valence electrons. The molecule has 1 heterocycles. The Bertz CT molecular complexity index is 883. The van der Waals surface area contributed by atoms with Crippen LogP contribution in [-0.2, 0) is 27.3 Å². The first kappa shape index (κ1) is 25.7. The number of ether oxygens (including phenoxy) is 3. The second kappa shape index (κ2) is 13.1. The van der Waals surface area contributed by atoms with E-state index < -0.39 is 0 Å². The topological polar surface area (TPSA) is 68.3 Å². The Labute approximate surface area is 194 Å². The molecule has 0 spiro atoms. The van der Waals surface area contributed by atoms with Crippen molar-refractivity contribution in [1.82, 2.24) is 9.80 Å². The van der Waals surface area contributed by atoms with Crippen molar-refractivity contribution in [2.45, 2.75) is 33.2 Å². The van der Waals surface area contributed by atoms with Gasteiger partial charge in [0, 0.05) is 36.4 Å². The molecule has 2 aromatic rings. The maximum atomic E-state index is 13.2. The van der Waals surface area contributed by atoms with Gasteiger partial charge in [0.05, 0.1) is 33.9 Å². The Morgan fingerprint density at radius 3 is 2.28 bits per heavy atom. The highest BCUT2D eigenvalue weighted by atomic mass is 32.1. The van der Waals surface area contributed by atoms with Gasteiger partial charge < -0.3 is 24.0 Å². The molecule has 0 saturated heterocycles. The van der Waals surface area contributed by atoms with Crippen LogP contribution in [0.25, 0.3) is 0 Å². The molecule has 7 nitrogen and oxygen atoms in total. The van der Waals surface area contributed by atoms with Gasteiger partial charge in [-0.1, -0.05) is 13.0 Å². The first-order valence-corrected chi connectivity index (χ1v) is 11.5. The van der Waals surface area contributed by atoms with E-state index in [4.69, 9.17) is 14.2 Å². The molecule has 0 fully saturated rings. The van der Waals surface area contributed by atoms with Crippen LogP contribution in [0, 0.1) is 6.92 Å². The maximum Gasteiger partial charge on any atom is 0.242 e. The Morgan fingerprint density at radius 1 is 0.938 bits per heavy atom. The van der Waals surface area contributed by atoms with Crippen LogP contribution < -0.4 is 9.47 Å². The molecule has 0 saturated carbocycles. The van der Waals surface area contributed by atoms with Crippen molar-refractivity contribution >= 4 is 23.2 Å². The molecule has 0 bridgehead atoms. The molecule has 1 aromatic carbocycles. The van der Waals surface area contributed by atoms with E-state index >= 15 is 0 Å². The van der Waals surface area contributed by atoms with Crippen LogP contribution in [0.15, 0.2) is 30.3 Å². The van der Waals surface area contributed by atoms with Gasteiger partial charge in [0.1, 0.15) is 0 Å². The molecular formula is C24H34N2O5S. The Balaban J connectivity index is 2.15. The van der Waals surface area contributed by atoms with E-state index in [1.165, 1.54) is 4.88 Å². The van der Waals surface area contributed by atoms with Crippen molar-refractivity contribution < 1.29 is 23.8 Å². The van der Waals surface area contributed by atoms with Crippen molar-refractivity contribution in [1.29, 1.82) is 0 Å². The molecule has 0 atom stereocenters. The quantitative estimate of drug-likeness (QED) is 0.456. The number of methoxy groups -OCH3 is 3. The fourth-order valence-corrected chi connectivity index (χ4v) is 4.24. The number of nitrogens with zero attached hydrogens (tertiary/aromatic N) is 2. The Hall–Kier alpha value is -2.58. The lowest BCUT2D eigenvalue weighted by molar-refractivity contribution is -0.141. The largest absolute Gasteiger partial charge is 0.493 e. The number of hydrogen-bond donors (Lipinski definition) is 0. The van der Waals surface area contributed by atoms with E-state index in [2.05, 4.69) is 19.1 Å². The fourth-order valence-electron chi connectivity index (χ4n) is 3.33. The molecule has 0 aliphatic carbocycles. The average Bonchev–Trinajstić information content (AvgIpc) is 3.22. The summed E-state index contributed by atoms with van der Waals surface area (Å²) in [6.07, 6.45) is 1.02. The van der Waals surface area contributed by atoms with Gasteiger partial charge in [-0.25, -0.2) is 0 Å². The molecule has 1 aromatic heterocycles. The third-order valence-electron chi connectivity index (χ3n) is 5.16. The van der Waals surface area contributed by atoms with Gasteiger partial charge in [0.25, 0.3) is 0 Å². The van der Waals surface area contributed by atoms with E-state index in [0.29, 0.717) is 50.6 Å². The molecule has 0 unspecified atom stereocenters. The number of rotatable bonds is 13. The van der Waals surface area contributed by atoms with E-state index in [1.807, 2.05) is 23.1 Å². The highest BCUT2D eigenvalue weighted by Gasteiger charge is 2.21. The first-order chi connectivity index (χ1) is 15.4. The molecule has 8 heteroatoms. The monoisotopic (exact) mass is 462 g/mol. The summed E-state index contributed by atoms with van der Waals surface area (Å²) >= 11 is 1.68. The fraction of sp³-hybridized carbons (Fsp3) is 0.500. The predicted octanol–water partition coefficient (Wildman–Crippen LogP) is 3.53. The molecule has 0 radical (unpaired) electrons. The lowest BCUT2D eigenvalue weighted by atomic mass is 10.1. The number of hydrogen-bond acceptors (Lipinski definition) is 6. The Morgan fingerprint density at radius 2 is 1.69 bits per heavy atom. The zero-order valence-corrected chi connectivity index (χ0v) is 20.5. The standard InChI is InChI=1S/C24H34N2O5S/c1-6-23(27)26(13-14-29-3)17-24(28)25(16-20-9-7-18(2)32-20)12-11-19-8-10-21(30-4)22(15-19)31-5/h7-10,15H,6,11-14,16-17H2,1-5H3. The summed E-state index contributed by atoms with van der Waals surface area (Å²) in [6.45, 7) is 5.75. The minimum atomic E-state index is -0.0746. The normalized spacial score (nSPS) is 10.7. The van der Waals surface area contributed by atoms with E-state index in [0.717, 1.165) is 10.4 Å². The molecule has 2 amide bonds. The lowest BCUT2D eigenvalue weighted by Crippen LogP contribution is -2.44. The van der Waals surface area contributed by atoms with Gasteiger partial charge in [-0.05, 0) is 43.2 Å². The van der Waals surface area contributed by atoms with Crippen molar-refractivity contribution in [2.75, 3.05) is 47.6 Å². The zero-order valence-electron chi connectivity index (χ0n) is 19.7. The number of benzene rings is 1. The smallest absolute Gasteiger partial charge is 0.242 e. The van der Waals surface area contributed by atoms with E-state index in [1.54, 1.807) is 44.5 Å². The van der Waals surface area contributed by atoms with Crippen molar-refractivity contribution in [3.8, 4) is 11.5 Å². The third kappa shape index (κ3) is 7.53. The molecule has 2 rings (SSSR count). The molecule has 0 aliphatic rings. The summed E-state index contributed by atoms with van der Waals surface area (Å²) < 4.78 is 15.8. The number of amides is 2. The van der Waals surface area contributed by atoms with E-state index in [9.17, 15) is 9.59 Å². The second-order valence-electron chi connectivity index (χ2n) is 7.43. The summed E-state index contributed by atoms with van der Waals surface area (Å²) in [5, 5.41) is 0. The number of carbonyl (C=O) groups excluding carboxylic acids is 2. The van der Waals surface area contributed by atoms with Gasteiger partial charge in [-0.15, -0.1) is 11.3 Å². The van der Waals surface area contributed by atoms with Crippen LogP contribution >= 0.6 is 11.3 Å². The summed E-state index contributed by atoms with van der Waals surface area (Å²) in [4.78, 5) is 31.3.